The number of rotatable bonds is 5. The molecule has 0 saturated carbocycles. The van der Waals surface area contributed by atoms with Gasteiger partial charge in [-0.15, -0.1) is 5.06 Å². The van der Waals surface area contributed by atoms with E-state index in [1.165, 1.54) is 7.05 Å². The van der Waals surface area contributed by atoms with Crippen LogP contribution in [0.15, 0.2) is 0 Å². The molecule has 9 nitrogen and oxygen atoms in total. The number of amides is 3. The Kier molecular flexibility index (Phi) is 6.76. The van der Waals surface area contributed by atoms with Gasteiger partial charge in [-0.1, -0.05) is 0 Å². The molecule has 1 aliphatic rings. The summed E-state index contributed by atoms with van der Waals surface area (Å²) in [4.78, 5) is 54.1. The van der Waals surface area contributed by atoms with E-state index >= 15 is 0 Å². The lowest BCUT2D eigenvalue weighted by atomic mass is 10.2. The summed E-state index contributed by atoms with van der Waals surface area (Å²) in [5.74, 6) is -2.15. The van der Waals surface area contributed by atoms with Crippen LogP contribution in [0, 0.1) is 0 Å². The average Bonchev–Trinajstić information content (AvgIpc) is 2.76. The van der Waals surface area contributed by atoms with Gasteiger partial charge in [-0.25, -0.2) is 9.59 Å². The molecule has 0 bridgehead atoms. The minimum Gasteiger partial charge on any atom is -0.444 e. The van der Waals surface area contributed by atoms with Crippen molar-refractivity contribution >= 4 is 23.9 Å². The van der Waals surface area contributed by atoms with Crippen LogP contribution in [-0.4, -0.2) is 64.7 Å². The van der Waals surface area contributed by atoms with Gasteiger partial charge < -0.3 is 14.3 Å². The van der Waals surface area contributed by atoms with E-state index in [-0.39, 0.29) is 19.4 Å². The second-order valence-electron chi connectivity index (χ2n) is 8.02. The molecule has 0 aromatic heterocycles. The normalized spacial score (nSPS) is 16.5. The summed E-state index contributed by atoms with van der Waals surface area (Å²) < 4.78 is 10.8. The first kappa shape index (κ1) is 21.9. The quantitative estimate of drug-likeness (QED) is 0.676. The number of hydrogen-bond acceptors (Lipinski definition) is 7. The summed E-state index contributed by atoms with van der Waals surface area (Å²) in [6, 6.07) is -1.19. The van der Waals surface area contributed by atoms with E-state index < -0.39 is 41.1 Å². The molecule has 1 heterocycles. The van der Waals surface area contributed by atoms with E-state index in [0.29, 0.717) is 5.06 Å². The van der Waals surface area contributed by atoms with Crippen LogP contribution in [0.5, 0.6) is 0 Å². The fourth-order valence-corrected chi connectivity index (χ4v) is 1.94. The van der Waals surface area contributed by atoms with Crippen LogP contribution in [-0.2, 0) is 28.7 Å². The van der Waals surface area contributed by atoms with Crippen molar-refractivity contribution in [2.45, 2.75) is 71.6 Å². The second-order valence-corrected chi connectivity index (χ2v) is 8.02. The standard InChI is InChI=1S/C17H28N2O7/c1-16(2,3)24-10-11(18(7)15(23)25-17(4,5)6)14(22)26-19-12(20)8-9-13(19)21/h11H,8-10H2,1-7H3/t11-/m0/s1. The van der Waals surface area contributed by atoms with Crippen LogP contribution in [0.3, 0.4) is 0 Å². The van der Waals surface area contributed by atoms with Gasteiger partial charge in [-0.05, 0) is 41.5 Å². The molecule has 1 saturated heterocycles. The zero-order valence-electron chi connectivity index (χ0n) is 16.5. The van der Waals surface area contributed by atoms with Crippen molar-refractivity contribution in [2.24, 2.45) is 0 Å². The SMILES string of the molecule is CN(C(=O)OC(C)(C)C)[C@@H](COC(C)(C)C)C(=O)ON1C(=O)CCC1=O. The molecule has 0 aliphatic carbocycles. The predicted octanol–water partition coefficient (Wildman–Crippen LogP) is 1.64. The molecule has 1 atom stereocenters. The number of carbonyl (C=O) groups is 4. The number of carbonyl (C=O) groups excluding carboxylic acids is 4. The van der Waals surface area contributed by atoms with Gasteiger partial charge in [0.15, 0.2) is 6.04 Å². The maximum absolute atomic E-state index is 12.5. The Hall–Kier alpha value is -2.16. The minimum atomic E-state index is -1.19. The topological polar surface area (TPSA) is 102 Å². The number of likely N-dealkylation sites (N-methyl/N-ethyl adjacent to an activating group) is 1. The van der Waals surface area contributed by atoms with Gasteiger partial charge in [0.05, 0.1) is 12.2 Å². The van der Waals surface area contributed by atoms with Crippen LogP contribution in [0.4, 0.5) is 4.79 Å². The third kappa shape index (κ3) is 6.62. The van der Waals surface area contributed by atoms with Gasteiger partial charge in [0.1, 0.15) is 5.60 Å². The van der Waals surface area contributed by atoms with E-state index in [0.717, 1.165) is 4.90 Å². The smallest absolute Gasteiger partial charge is 0.410 e. The molecule has 3 amide bonds. The van der Waals surface area contributed by atoms with Crippen LogP contribution in [0.25, 0.3) is 0 Å². The van der Waals surface area contributed by atoms with E-state index in [9.17, 15) is 19.2 Å². The van der Waals surface area contributed by atoms with Gasteiger partial charge in [-0.3, -0.25) is 14.5 Å². The zero-order valence-corrected chi connectivity index (χ0v) is 16.5. The molecule has 0 aromatic rings. The summed E-state index contributed by atoms with van der Waals surface area (Å²) in [7, 11) is 1.36. The summed E-state index contributed by atoms with van der Waals surface area (Å²) in [5.41, 5.74) is -1.34. The number of ether oxygens (including phenoxy) is 2. The monoisotopic (exact) mass is 372 g/mol. The van der Waals surface area contributed by atoms with E-state index in [2.05, 4.69) is 0 Å². The molecule has 1 aliphatic heterocycles. The summed E-state index contributed by atoms with van der Waals surface area (Å²) >= 11 is 0. The van der Waals surface area contributed by atoms with E-state index in [4.69, 9.17) is 14.3 Å². The number of hydrogen-bond donors (Lipinski definition) is 0. The van der Waals surface area contributed by atoms with E-state index in [1.807, 2.05) is 0 Å². The molecule has 148 valence electrons. The maximum atomic E-state index is 12.5. The number of hydroxylamine groups is 2. The lowest BCUT2D eigenvalue weighted by molar-refractivity contribution is -0.202. The summed E-state index contributed by atoms with van der Waals surface area (Å²) in [5, 5.41) is 0.440. The molecule has 1 fully saturated rings. The van der Waals surface area contributed by atoms with Crippen LogP contribution < -0.4 is 0 Å². The van der Waals surface area contributed by atoms with Crippen LogP contribution in [0.2, 0.25) is 0 Å². The highest BCUT2D eigenvalue weighted by Gasteiger charge is 2.38. The van der Waals surface area contributed by atoms with Crippen LogP contribution in [0.1, 0.15) is 54.4 Å². The maximum Gasteiger partial charge on any atom is 0.410 e. The highest BCUT2D eigenvalue weighted by molar-refractivity contribution is 6.01. The van der Waals surface area contributed by atoms with Gasteiger partial charge in [0, 0.05) is 19.9 Å². The Bertz CT molecular complexity index is 559. The largest absolute Gasteiger partial charge is 0.444 e. The summed E-state index contributed by atoms with van der Waals surface area (Å²) in [6.45, 7) is 10.3. The molecular formula is C17H28N2O7. The van der Waals surface area contributed by atoms with Crippen molar-refractivity contribution in [2.75, 3.05) is 13.7 Å². The van der Waals surface area contributed by atoms with Gasteiger partial charge in [0.2, 0.25) is 0 Å². The van der Waals surface area contributed by atoms with E-state index in [1.54, 1.807) is 41.5 Å². The Morgan fingerprint density at radius 3 is 1.96 bits per heavy atom. The molecule has 9 heteroatoms. The fraction of sp³-hybridized carbons (Fsp3) is 0.765. The van der Waals surface area contributed by atoms with Gasteiger partial charge in [-0.2, -0.15) is 0 Å². The average molecular weight is 372 g/mol. The lowest BCUT2D eigenvalue weighted by Gasteiger charge is -2.31. The van der Waals surface area contributed by atoms with Crippen molar-refractivity contribution < 1.29 is 33.5 Å². The first-order chi connectivity index (χ1) is 11.7. The Morgan fingerprint density at radius 1 is 1.04 bits per heavy atom. The first-order valence-electron chi connectivity index (χ1n) is 8.38. The molecule has 0 aromatic carbocycles. The van der Waals surface area contributed by atoms with Crippen molar-refractivity contribution in [1.82, 2.24) is 9.96 Å². The van der Waals surface area contributed by atoms with Gasteiger partial charge in [0.25, 0.3) is 11.8 Å². The van der Waals surface area contributed by atoms with Crippen molar-refractivity contribution in [3.05, 3.63) is 0 Å². The fourth-order valence-electron chi connectivity index (χ4n) is 1.94. The minimum absolute atomic E-state index is 0.0167. The molecule has 0 spiro atoms. The molecule has 0 N–H and O–H groups in total. The zero-order chi connectivity index (χ0) is 20.3. The van der Waals surface area contributed by atoms with Crippen molar-refractivity contribution in [3.63, 3.8) is 0 Å². The summed E-state index contributed by atoms with van der Waals surface area (Å²) in [6.07, 6.45) is -0.787. The molecule has 1 rings (SSSR count). The number of imide groups is 1. The Balaban J connectivity index is 2.92. The third-order valence-corrected chi connectivity index (χ3v) is 3.28. The predicted molar refractivity (Wildman–Crippen MR) is 90.7 cm³/mol. The lowest BCUT2D eigenvalue weighted by Crippen LogP contribution is -2.50. The molecular weight excluding hydrogens is 344 g/mol. The second kappa shape index (κ2) is 8.03. The van der Waals surface area contributed by atoms with Gasteiger partial charge >= 0.3 is 12.1 Å². The Labute approximate surface area is 153 Å². The highest BCUT2D eigenvalue weighted by Crippen LogP contribution is 2.17. The Morgan fingerprint density at radius 2 is 1.54 bits per heavy atom. The molecule has 0 unspecified atom stereocenters. The molecule has 26 heavy (non-hydrogen) atoms. The molecule has 0 radical (unpaired) electrons. The van der Waals surface area contributed by atoms with Crippen molar-refractivity contribution in [3.8, 4) is 0 Å². The van der Waals surface area contributed by atoms with Crippen LogP contribution >= 0.6 is 0 Å². The number of nitrogens with zero attached hydrogens (tertiary/aromatic N) is 2. The first-order valence-corrected chi connectivity index (χ1v) is 8.38. The van der Waals surface area contributed by atoms with Crippen molar-refractivity contribution in [1.29, 1.82) is 0 Å². The highest BCUT2D eigenvalue weighted by atomic mass is 16.7. The third-order valence-electron chi connectivity index (χ3n) is 3.28.